The number of benzene rings is 1. The highest BCUT2D eigenvalue weighted by Gasteiger charge is 2.26. The average Bonchev–Trinajstić information content (AvgIpc) is 2.75. The van der Waals surface area contributed by atoms with Gasteiger partial charge in [-0.05, 0) is 24.3 Å². The summed E-state index contributed by atoms with van der Waals surface area (Å²) in [5.41, 5.74) is 5.89. The van der Waals surface area contributed by atoms with Crippen LogP contribution in [0.3, 0.4) is 0 Å². The summed E-state index contributed by atoms with van der Waals surface area (Å²) in [6.07, 6.45) is 0.889. The molecule has 0 saturated carbocycles. The third kappa shape index (κ3) is 3.55. The van der Waals surface area contributed by atoms with Crippen LogP contribution in [0.4, 0.5) is 0 Å². The Morgan fingerprint density at radius 2 is 2.05 bits per heavy atom. The molecule has 0 aromatic heterocycles. The van der Waals surface area contributed by atoms with Crippen molar-refractivity contribution in [2.75, 3.05) is 31.1 Å². The van der Waals surface area contributed by atoms with Gasteiger partial charge < -0.3 is 5.73 Å². The molecule has 0 unspecified atom stereocenters. The lowest BCUT2D eigenvalue weighted by Crippen LogP contribution is -2.33. The Morgan fingerprint density at radius 1 is 1.25 bits per heavy atom. The van der Waals surface area contributed by atoms with Crippen molar-refractivity contribution in [3.63, 3.8) is 0 Å². The predicted molar refractivity (Wildman–Crippen MR) is 83.1 cm³/mol. The molecule has 1 fully saturated rings. The molecular formula is C14H18N2O2S2. The lowest BCUT2D eigenvalue weighted by molar-refractivity contribution is 0.435. The van der Waals surface area contributed by atoms with E-state index >= 15 is 0 Å². The first-order chi connectivity index (χ1) is 9.66. The fourth-order valence-electron chi connectivity index (χ4n) is 2.04. The van der Waals surface area contributed by atoms with Gasteiger partial charge in [-0.15, -0.1) is 0 Å². The topological polar surface area (TPSA) is 63.4 Å². The van der Waals surface area contributed by atoms with Crippen molar-refractivity contribution in [1.29, 1.82) is 0 Å². The van der Waals surface area contributed by atoms with E-state index in [-0.39, 0.29) is 11.4 Å². The number of nitrogens with two attached hydrogens (primary N) is 1. The second-order valence-electron chi connectivity index (χ2n) is 4.37. The summed E-state index contributed by atoms with van der Waals surface area (Å²) in [5.74, 6) is 7.43. The molecule has 0 radical (unpaired) electrons. The van der Waals surface area contributed by atoms with E-state index in [4.69, 9.17) is 5.73 Å². The van der Waals surface area contributed by atoms with Crippen LogP contribution in [0.2, 0.25) is 0 Å². The number of nitrogens with zero attached hydrogens (tertiary/aromatic N) is 1. The Kier molecular flexibility index (Phi) is 5.49. The molecule has 1 saturated heterocycles. The summed E-state index contributed by atoms with van der Waals surface area (Å²) in [4.78, 5) is 0.285. The zero-order valence-electron chi connectivity index (χ0n) is 11.2. The van der Waals surface area contributed by atoms with Gasteiger partial charge in [0.05, 0.1) is 11.4 Å². The van der Waals surface area contributed by atoms with Crippen LogP contribution in [0.25, 0.3) is 0 Å². The van der Waals surface area contributed by atoms with Crippen molar-refractivity contribution >= 4 is 21.8 Å². The van der Waals surface area contributed by atoms with Gasteiger partial charge in [0.15, 0.2) is 0 Å². The van der Waals surface area contributed by atoms with Gasteiger partial charge in [0.25, 0.3) is 0 Å². The minimum Gasteiger partial charge on any atom is -0.320 e. The van der Waals surface area contributed by atoms with E-state index in [1.807, 2.05) is 0 Å². The Morgan fingerprint density at radius 3 is 2.85 bits per heavy atom. The van der Waals surface area contributed by atoms with Crippen molar-refractivity contribution in [3.05, 3.63) is 29.8 Å². The molecule has 1 aromatic carbocycles. The van der Waals surface area contributed by atoms with Gasteiger partial charge >= 0.3 is 0 Å². The summed E-state index contributed by atoms with van der Waals surface area (Å²) in [6, 6.07) is 6.86. The zero-order chi connectivity index (χ0) is 14.4. The van der Waals surface area contributed by atoms with E-state index in [2.05, 4.69) is 11.8 Å². The highest BCUT2D eigenvalue weighted by molar-refractivity contribution is 7.99. The summed E-state index contributed by atoms with van der Waals surface area (Å²) in [5, 5.41) is 0. The van der Waals surface area contributed by atoms with E-state index in [1.165, 1.54) is 0 Å². The molecule has 0 bridgehead atoms. The molecular weight excluding hydrogens is 292 g/mol. The van der Waals surface area contributed by atoms with E-state index in [1.54, 1.807) is 40.3 Å². The summed E-state index contributed by atoms with van der Waals surface area (Å²) in [6.45, 7) is 1.36. The standard InChI is InChI=1S/C14H18N2O2S2/c15-8-3-6-13-5-1-2-7-14(13)20(17,18)16-9-4-11-19-12-10-16/h1-2,5,7H,4,8-12,15H2. The SMILES string of the molecule is NCC#Cc1ccccc1S(=O)(=O)N1CCCSCC1. The monoisotopic (exact) mass is 310 g/mol. The Hall–Kier alpha value is -1.000. The van der Waals surface area contributed by atoms with E-state index in [0.717, 1.165) is 17.9 Å². The third-order valence-corrected chi connectivity index (χ3v) is 6.02. The van der Waals surface area contributed by atoms with Crippen LogP contribution in [-0.4, -0.2) is 43.9 Å². The summed E-state index contributed by atoms with van der Waals surface area (Å²) in [7, 11) is -3.47. The van der Waals surface area contributed by atoms with E-state index < -0.39 is 10.0 Å². The summed E-state index contributed by atoms with van der Waals surface area (Å²) < 4.78 is 27.0. The van der Waals surface area contributed by atoms with Gasteiger partial charge in [-0.25, -0.2) is 8.42 Å². The van der Waals surface area contributed by atoms with Crippen molar-refractivity contribution in [1.82, 2.24) is 4.31 Å². The van der Waals surface area contributed by atoms with Crippen LogP contribution < -0.4 is 5.73 Å². The van der Waals surface area contributed by atoms with Crippen molar-refractivity contribution in [3.8, 4) is 11.8 Å². The first kappa shape index (κ1) is 15.4. The van der Waals surface area contributed by atoms with Gasteiger partial charge in [0, 0.05) is 24.4 Å². The van der Waals surface area contributed by atoms with E-state index in [0.29, 0.717) is 18.7 Å². The van der Waals surface area contributed by atoms with Crippen LogP contribution in [0.15, 0.2) is 29.2 Å². The number of rotatable bonds is 2. The van der Waals surface area contributed by atoms with Crippen molar-refractivity contribution < 1.29 is 8.42 Å². The quantitative estimate of drug-likeness (QED) is 0.832. The van der Waals surface area contributed by atoms with Crippen LogP contribution in [0, 0.1) is 11.8 Å². The fourth-order valence-corrected chi connectivity index (χ4v) is 4.67. The summed E-state index contributed by atoms with van der Waals surface area (Å²) >= 11 is 1.80. The molecule has 6 heteroatoms. The maximum Gasteiger partial charge on any atom is 0.244 e. The second kappa shape index (κ2) is 7.14. The molecule has 20 heavy (non-hydrogen) atoms. The zero-order valence-corrected chi connectivity index (χ0v) is 12.8. The van der Waals surface area contributed by atoms with E-state index in [9.17, 15) is 8.42 Å². The fraction of sp³-hybridized carbons (Fsp3) is 0.429. The Balaban J connectivity index is 2.38. The second-order valence-corrected chi connectivity index (χ2v) is 7.50. The molecule has 0 amide bonds. The highest BCUT2D eigenvalue weighted by atomic mass is 32.2. The van der Waals surface area contributed by atoms with Crippen LogP contribution in [0.5, 0.6) is 0 Å². The number of hydrogen-bond acceptors (Lipinski definition) is 4. The maximum atomic E-state index is 12.7. The predicted octanol–water partition coefficient (Wildman–Crippen LogP) is 1.12. The molecule has 0 aliphatic carbocycles. The molecule has 0 spiro atoms. The maximum absolute atomic E-state index is 12.7. The molecule has 2 rings (SSSR count). The molecule has 1 aromatic rings. The normalized spacial score (nSPS) is 17.1. The first-order valence-electron chi connectivity index (χ1n) is 6.52. The Bertz CT molecular complexity index is 610. The largest absolute Gasteiger partial charge is 0.320 e. The van der Waals surface area contributed by atoms with Crippen molar-refractivity contribution in [2.24, 2.45) is 5.73 Å². The minimum atomic E-state index is -3.47. The van der Waals surface area contributed by atoms with Gasteiger partial charge in [-0.2, -0.15) is 16.1 Å². The molecule has 1 heterocycles. The van der Waals surface area contributed by atoms with Crippen LogP contribution >= 0.6 is 11.8 Å². The van der Waals surface area contributed by atoms with Gasteiger partial charge in [-0.1, -0.05) is 24.0 Å². The van der Waals surface area contributed by atoms with Gasteiger partial charge in [0.2, 0.25) is 10.0 Å². The minimum absolute atomic E-state index is 0.217. The van der Waals surface area contributed by atoms with Crippen LogP contribution in [-0.2, 0) is 10.0 Å². The third-order valence-electron chi connectivity index (χ3n) is 3.01. The number of hydrogen-bond donors (Lipinski definition) is 1. The van der Waals surface area contributed by atoms with Gasteiger partial charge in [-0.3, -0.25) is 0 Å². The van der Waals surface area contributed by atoms with Crippen LogP contribution in [0.1, 0.15) is 12.0 Å². The smallest absolute Gasteiger partial charge is 0.244 e. The number of sulfonamides is 1. The van der Waals surface area contributed by atoms with Gasteiger partial charge in [0.1, 0.15) is 0 Å². The average molecular weight is 310 g/mol. The molecule has 1 aliphatic rings. The molecule has 2 N–H and O–H groups in total. The van der Waals surface area contributed by atoms with Crippen molar-refractivity contribution in [2.45, 2.75) is 11.3 Å². The Labute approximate surface area is 124 Å². The molecule has 1 aliphatic heterocycles. The first-order valence-corrected chi connectivity index (χ1v) is 9.11. The molecule has 4 nitrogen and oxygen atoms in total. The lowest BCUT2D eigenvalue weighted by Gasteiger charge is -2.20. The molecule has 0 atom stereocenters. The highest BCUT2D eigenvalue weighted by Crippen LogP contribution is 2.22. The number of thioether (sulfide) groups is 1. The lowest BCUT2D eigenvalue weighted by atomic mass is 10.2. The molecule has 108 valence electrons.